The topological polar surface area (TPSA) is 69.4 Å². The summed E-state index contributed by atoms with van der Waals surface area (Å²) < 4.78 is 5.35. The highest BCUT2D eigenvalue weighted by Crippen LogP contribution is 2.26. The first-order valence-electron chi connectivity index (χ1n) is 6.87. The lowest BCUT2D eigenvalue weighted by Crippen LogP contribution is -2.14. The molecule has 2 rings (SSSR count). The van der Waals surface area contributed by atoms with Crippen molar-refractivity contribution in [3.8, 4) is 5.75 Å². The van der Waals surface area contributed by atoms with Crippen molar-refractivity contribution in [2.24, 2.45) is 0 Å². The van der Waals surface area contributed by atoms with E-state index in [9.17, 15) is 14.9 Å². The predicted molar refractivity (Wildman–Crippen MR) is 83.6 cm³/mol. The molecule has 5 heteroatoms. The number of rotatable bonds is 5. The minimum atomic E-state index is -0.527. The molecule has 0 saturated heterocycles. The zero-order chi connectivity index (χ0) is 16.3. The summed E-state index contributed by atoms with van der Waals surface area (Å²) in [6.45, 7) is 5.56. The van der Waals surface area contributed by atoms with Crippen LogP contribution in [0.15, 0.2) is 36.4 Å². The number of ketones is 1. The molecule has 2 aromatic carbocycles. The number of nitro benzene ring substituents is 1. The minimum Gasteiger partial charge on any atom is -0.478 e. The SMILES string of the molecule is Cc1cc(C)c(C(=O)COc2ccccc2[N+](=O)[O-])cc1C. The second kappa shape index (κ2) is 6.39. The molecule has 2 aromatic rings. The molecule has 5 nitrogen and oxygen atoms in total. The number of carbonyl (C=O) groups excluding carboxylic acids is 1. The molecule has 0 aliphatic rings. The van der Waals surface area contributed by atoms with Gasteiger partial charge in [0.15, 0.2) is 18.1 Å². The smallest absolute Gasteiger partial charge is 0.310 e. The molecule has 0 radical (unpaired) electrons. The summed E-state index contributed by atoms with van der Waals surface area (Å²) >= 11 is 0. The van der Waals surface area contributed by atoms with E-state index < -0.39 is 4.92 Å². The first-order valence-corrected chi connectivity index (χ1v) is 6.87. The van der Waals surface area contributed by atoms with Crippen molar-refractivity contribution in [1.82, 2.24) is 0 Å². The number of Topliss-reactive ketones (excluding diaryl/α,β-unsaturated/α-hetero) is 1. The fourth-order valence-electron chi connectivity index (χ4n) is 2.21. The maximum absolute atomic E-state index is 12.3. The number of hydrogen-bond donors (Lipinski definition) is 0. The molecule has 0 spiro atoms. The Morgan fingerprint density at radius 3 is 2.41 bits per heavy atom. The van der Waals surface area contributed by atoms with Crippen molar-refractivity contribution >= 4 is 11.5 Å². The van der Waals surface area contributed by atoms with Gasteiger partial charge in [-0.1, -0.05) is 18.2 Å². The maximum atomic E-state index is 12.3. The molecular weight excluding hydrogens is 282 g/mol. The Morgan fingerprint density at radius 2 is 1.73 bits per heavy atom. The summed E-state index contributed by atoms with van der Waals surface area (Å²) in [6.07, 6.45) is 0. The summed E-state index contributed by atoms with van der Waals surface area (Å²) in [6, 6.07) is 9.80. The third-order valence-electron chi connectivity index (χ3n) is 3.56. The van der Waals surface area contributed by atoms with Crippen molar-refractivity contribution in [1.29, 1.82) is 0 Å². The number of nitro groups is 1. The second-order valence-corrected chi connectivity index (χ2v) is 5.19. The normalized spacial score (nSPS) is 10.3. The van der Waals surface area contributed by atoms with Crippen LogP contribution in [0.2, 0.25) is 0 Å². The van der Waals surface area contributed by atoms with Gasteiger partial charge in [-0.15, -0.1) is 0 Å². The zero-order valence-electron chi connectivity index (χ0n) is 12.8. The second-order valence-electron chi connectivity index (χ2n) is 5.19. The Hall–Kier alpha value is -2.69. The van der Waals surface area contributed by atoms with Crippen LogP contribution in [0.5, 0.6) is 5.75 Å². The Labute approximate surface area is 128 Å². The predicted octanol–water partition coefficient (Wildman–Crippen LogP) is 3.78. The molecular formula is C17H17NO4. The third-order valence-corrected chi connectivity index (χ3v) is 3.56. The van der Waals surface area contributed by atoms with Gasteiger partial charge in [0.25, 0.3) is 0 Å². The molecule has 0 unspecified atom stereocenters. The average Bonchev–Trinajstić information content (AvgIpc) is 2.48. The largest absolute Gasteiger partial charge is 0.478 e. The van der Waals surface area contributed by atoms with E-state index in [0.29, 0.717) is 5.56 Å². The number of nitrogens with zero attached hydrogens (tertiary/aromatic N) is 1. The lowest BCUT2D eigenvalue weighted by atomic mass is 9.98. The number of carbonyl (C=O) groups is 1. The van der Waals surface area contributed by atoms with Gasteiger partial charge in [0, 0.05) is 11.6 Å². The summed E-state index contributed by atoms with van der Waals surface area (Å²) in [7, 11) is 0. The Morgan fingerprint density at radius 1 is 1.09 bits per heavy atom. The van der Waals surface area contributed by atoms with E-state index in [-0.39, 0.29) is 23.8 Å². The lowest BCUT2D eigenvalue weighted by molar-refractivity contribution is -0.385. The van der Waals surface area contributed by atoms with E-state index in [1.54, 1.807) is 12.1 Å². The summed E-state index contributed by atoms with van der Waals surface area (Å²) in [5.74, 6) is -0.0962. The van der Waals surface area contributed by atoms with Crippen molar-refractivity contribution in [2.75, 3.05) is 6.61 Å². The fraction of sp³-hybridized carbons (Fsp3) is 0.235. The number of benzene rings is 2. The van der Waals surface area contributed by atoms with Crippen LogP contribution in [0.4, 0.5) is 5.69 Å². The van der Waals surface area contributed by atoms with Crippen molar-refractivity contribution in [2.45, 2.75) is 20.8 Å². The highest BCUT2D eigenvalue weighted by Gasteiger charge is 2.16. The van der Waals surface area contributed by atoms with Crippen LogP contribution in [-0.2, 0) is 0 Å². The van der Waals surface area contributed by atoms with E-state index in [4.69, 9.17) is 4.74 Å². The maximum Gasteiger partial charge on any atom is 0.310 e. The van der Waals surface area contributed by atoms with E-state index >= 15 is 0 Å². The average molecular weight is 299 g/mol. The van der Waals surface area contributed by atoms with Gasteiger partial charge < -0.3 is 4.74 Å². The van der Waals surface area contributed by atoms with Gasteiger partial charge in [-0.25, -0.2) is 0 Å². The molecule has 0 amide bonds. The molecule has 0 atom stereocenters. The Balaban J connectivity index is 2.18. The van der Waals surface area contributed by atoms with Crippen LogP contribution >= 0.6 is 0 Å². The number of ether oxygens (including phenoxy) is 1. The van der Waals surface area contributed by atoms with Crippen LogP contribution in [0.25, 0.3) is 0 Å². The van der Waals surface area contributed by atoms with Gasteiger partial charge >= 0.3 is 5.69 Å². The van der Waals surface area contributed by atoms with Crippen LogP contribution < -0.4 is 4.74 Å². The highest BCUT2D eigenvalue weighted by molar-refractivity contribution is 5.98. The molecule has 0 heterocycles. The highest BCUT2D eigenvalue weighted by atomic mass is 16.6. The first kappa shape index (κ1) is 15.7. The molecule has 22 heavy (non-hydrogen) atoms. The minimum absolute atomic E-state index is 0.0994. The molecule has 0 aliphatic heterocycles. The van der Waals surface area contributed by atoms with E-state index in [1.807, 2.05) is 32.9 Å². The number of para-hydroxylation sites is 2. The lowest BCUT2D eigenvalue weighted by Gasteiger charge is -2.10. The monoisotopic (exact) mass is 299 g/mol. The van der Waals surface area contributed by atoms with E-state index in [0.717, 1.165) is 16.7 Å². The fourth-order valence-corrected chi connectivity index (χ4v) is 2.21. The van der Waals surface area contributed by atoms with Crippen LogP contribution in [0.3, 0.4) is 0 Å². The molecule has 0 bridgehead atoms. The summed E-state index contributed by atoms with van der Waals surface area (Å²) in [5.41, 5.74) is 3.46. The summed E-state index contributed by atoms with van der Waals surface area (Å²) in [5, 5.41) is 10.9. The first-order chi connectivity index (χ1) is 10.4. The third kappa shape index (κ3) is 3.31. The molecule has 0 aromatic heterocycles. The zero-order valence-corrected chi connectivity index (χ0v) is 12.8. The number of hydrogen-bond acceptors (Lipinski definition) is 4. The van der Waals surface area contributed by atoms with Crippen LogP contribution in [0, 0.1) is 30.9 Å². The molecule has 0 fully saturated rings. The molecule has 0 aliphatic carbocycles. The van der Waals surface area contributed by atoms with Gasteiger partial charge in [-0.05, 0) is 49.6 Å². The van der Waals surface area contributed by atoms with Crippen molar-refractivity contribution in [3.05, 3.63) is 68.8 Å². The Bertz CT molecular complexity index is 737. The number of aryl methyl sites for hydroxylation is 3. The van der Waals surface area contributed by atoms with Gasteiger partial charge in [0.1, 0.15) is 0 Å². The quantitative estimate of drug-likeness (QED) is 0.478. The summed E-state index contributed by atoms with van der Waals surface area (Å²) in [4.78, 5) is 22.7. The van der Waals surface area contributed by atoms with Gasteiger partial charge in [-0.3, -0.25) is 14.9 Å². The van der Waals surface area contributed by atoms with E-state index in [1.165, 1.54) is 12.1 Å². The van der Waals surface area contributed by atoms with Crippen molar-refractivity contribution in [3.63, 3.8) is 0 Å². The van der Waals surface area contributed by atoms with Gasteiger partial charge in [0.2, 0.25) is 0 Å². The van der Waals surface area contributed by atoms with Gasteiger partial charge in [-0.2, -0.15) is 0 Å². The Kier molecular flexibility index (Phi) is 4.56. The van der Waals surface area contributed by atoms with Gasteiger partial charge in [0.05, 0.1) is 4.92 Å². The molecule has 114 valence electrons. The molecule has 0 saturated carbocycles. The molecule has 0 N–H and O–H groups in total. The van der Waals surface area contributed by atoms with Crippen LogP contribution in [0.1, 0.15) is 27.0 Å². The van der Waals surface area contributed by atoms with E-state index in [2.05, 4.69) is 0 Å². The van der Waals surface area contributed by atoms with Crippen LogP contribution in [-0.4, -0.2) is 17.3 Å². The standard InChI is InChI=1S/C17H17NO4/c1-11-8-13(3)14(9-12(11)2)16(19)10-22-17-7-5-4-6-15(17)18(20)21/h4-9H,10H2,1-3H3. The van der Waals surface area contributed by atoms with Crippen molar-refractivity contribution < 1.29 is 14.5 Å².